The van der Waals surface area contributed by atoms with Crippen molar-refractivity contribution in [1.82, 2.24) is 0 Å². The fourth-order valence-electron chi connectivity index (χ4n) is 0.912. The maximum Gasteiger partial charge on any atom is 0.0606 e. The SMILES string of the molecule is CN(CCO)c1cc[c]cc1. The summed E-state index contributed by atoms with van der Waals surface area (Å²) in [6.07, 6.45) is 0. The van der Waals surface area contributed by atoms with Crippen LogP contribution in [0, 0.1) is 6.07 Å². The van der Waals surface area contributed by atoms with Gasteiger partial charge in [0.2, 0.25) is 0 Å². The Morgan fingerprint density at radius 3 is 2.64 bits per heavy atom. The lowest BCUT2D eigenvalue weighted by molar-refractivity contribution is 0.304. The largest absolute Gasteiger partial charge is 0.395 e. The van der Waals surface area contributed by atoms with Crippen LogP contribution in [0.25, 0.3) is 0 Å². The van der Waals surface area contributed by atoms with E-state index >= 15 is 0 Å². The summed E-state index contributed by atoms with van der Waals surface area (Å²) >= 11 is 0. The maximum atomic E-state index is 8.65. The Kier molecular flexibility index (Phi) is 2.93. The van der Waals surface area contributed by atoms with E-state index in [1.807, 2.05) is 36.2 Å². The van der Waals surface area contributed by atoms with Gasteiger partial charge >= 0.3 is 0 Å². The van der Waals surface area contributed by atoms with E-state index in [-0.39, 0.29) is 6.61 Å². The highest BCUT2D eigenvalue weighted by Crippen LogP contribution is 2.09. The van der Waals surface area contributed by atoms with E-state index in [0.29, 0.717) is 6.54 Å². The van der Waals surface area contributed by atoms with E-state index < -0.39 is 0 Å². The van der Waals surface area contributed by atoms with Crippen molar-refractivity contribution >= 4 is 5.69 Å². The number of aliphatic hydroxyl groups is 1. The first kappa shape index (κ1) is 8.08. The monoisotopic (exact) mass is 150 g/mol. The van der Waals surface area contributed by atoms with Gasteiger partial charge in [0, 0.05) is 19.3 Å². The molecule has 59 valence electrons. The Hall–Kier alpha value is -1.02. The summed E-state index contributed by atoms with van der Waals surface area (Å²) in [6, 6.07) is 10.6. The molecule has 0 spiro atoms. The molecule has 0 heterocycles. The second kappa shape index (κ2) is 3.98. The van der Waals surface area contributed by atoms with Gasteiger partial charge < -0.3 is 10.0 Å². The molecule has 2 heteroatoms. The third-order valence-corrected chi connectivity index (χ3v) is 1.58. The molecule has 1 rings (SSSR count). The van der Waals surface area contributed by atoms with Crippen molar-refractivity contribution in [1.29, 1.82) is 0 Å². The number of likely N-dealkylation sites (N-methyl/N-ethyl adjacent to an activating group) is 1. The van der Waals surface area contributed by atoms with Crippen molar-refractivity contribution < 1.29 is 5.11 Å². The average Bonchev–Trinajstić information content (AvgIpc) is 2.07. The van der Waals surface area contributed by atoms with E-state index in [2.05, 4.69) is 6.07 Å². The molecule has 0 saturated heterocycles. The van der Waals surface area contributed by atoms with Gasteiger partial charge in [-0.1, -0.05) is 12.1 Å². The third kappa shape index (κ3) is 2.24. The molecule has 1 aromatic rings. The zero-order valence-corrected chi connectivity index (χ0v) is 6.62. The topological polar surface area (TPSA) is 23.5 Å². The summed E-state index contributed by atoms with van der Waals surface area (Å²) in [5.74, 6) is 0. The van der Waals surface area contributed by atoms with Crippen LogP contribution in [0.15, 0.2) is 24.3 Å². The van der Waals surface area contributed by atoms with Gasteiger partial charge in [-0.05, 0) is 18.2 Å². The van der Waals surface area contributed by atoms with Gasteiger partial charge in [-0.15, -0.1) is 0 Å². The lowest BCUT2D eigenvalue weighted by atomic mass is 10.3. The molecule has 1 radical (unpaired) electrons. The molecule has 0 amide bonds. The van der Waals surface area contributed by atoms with Crippen LogP contribution in [-0.2, 0) is 0 Å². The Bertz CT molecular complexity index is 198. The van der Waals surface area contributed by atoms with Crippen molar-refractivity contribution in [3.05, 3.63) is 30.3 Å². The first-order chi connectivity index (χ1) is 5.34. The zero-order valence-electron chi connectivity index (χ0n) is 6.62. The Labute approximate surface area is 67.1 Å². The minimum absolute atomic E-state index is 0.190. The predicted molar refractivity (Wildman–Crippen MR) is 45.6 cm³/mol. The Morgan fingerprint density at radius 1 is 1.45 bits per heavy atom. The smallest absolute Gasteiger partial charge is 0.0606 e. The summed E-state index contributed by atoms with van der Waals surface area (Å²) in [6.45, 7) is 0.860. The molecule has 0 aromatic heterocycles. The molecule has 0 aliphatic rings. The van der Waals surface area contributed by atoms with Crippen LogP contribution >= 0.6 is 0 Å². The van der Waals surface area contributed by atoms with Crippen LogP contribution in [0.3, 0.4) is 0 Å². The minimum Gasteiger partial charge on any atom is -0.395 e. The quantitative estimate of drug-likeness (QED) is 0.692. The predicted octanol–water partition coefficient (Wildman–Crippen LogP) is 0.915. The summed E-state index contributed by atoms with van der Waals surface area (Å²) < 4.78 is 0. The van der Waals surface area contributed by atoms with Crippen molar-refractivity contribution in [3.8, 4) is 0 Å². The highest BCUT2D eigenvalue weighted by atomic mass is 16.3. The molecule has 0 unspecified atom stereocenters. The number of aliphatic hydroxyl groups excluding tert-OH is 1. The molecule has 0 aliphatic heterocycles. The molecule has 1 aromatic carbocycles. The molecule has 0 aliphatic carbocycles. The average molecular weight is 150 g/mol. The highest BCUT2D eigenvalue weighted by molar-refractivity contribution is 5.44. The zero-order chi connectivity index (χ0) is 8.10. The summed E-state index contributed by atoms with van der Waals surface area (Å²) in [4.78, 5) is 1.99. The van der Waals surface area contributed by atoms with Gasteiger partial charge in [0.05, 0.1) is 6.61 Å². The van der Waals surface area contributed by atoms with Crippen LogP contribution < -0.4 is 4.90 Å². The van der Waals surface area contributed by atoms with Crippen LogP contribution in [0.4, 0.5) is 5.69 Å². The van der Waals surface area contributed by atoms with E-state index in [1.54, 1.807) is 0 Å². The fourth-order valence-corrected chi connectivity index (χ4v) is 0.912. The highest BCUT2D eigenvalue weighted by Gasteiger charge is 1.95. The first-order valence-electron chi connectivity index (χ1n) is 3.62. The van der Waals surface area contributed by atoms with E-state index in [0.717, 1.165) is 5.69 Å². The summed E-state index contributed by atoms with van der Waals surface area (Å²) in [5, 5.41) is 8.65. The molecule has 0 bridgehead atoms. The Balaban J connectivity index is 2.61. The lowest BCUT2D eigenvalue weighted by Gasteiger charge is -2.16. The minimum atomic E-state index is 0.190. The number of nitrogens with zero attached hydrogens (tertiary/aromatic N) is 1. The van der Waals surface area contributed by atoms with E-state index in [4.69, 9.17) is 5.11 Å². The van der Waals surface area contributed by atoms with Gasteiger partial charge in [-0.25, -0.2) is 0 Å². The molecule has 11 heavy (non-hydrogen) atoms. The number of anilines is 1. The van der Waals surface area contributed by atoms with Gasteiger partial charge in [0.1, 0.15) is 0 Å². The molecule has 0 fully saturated rings. The molecular weight excluding hydrogens is 138 g/mol. The second-order valence-corrected chi connectivity index (χ2v) is 2.40. The number of hydrogen-bond donors (Lipinski definition) is 1. The second-order valence-electron chi connectivity index (χ2n) is 2.40. The molecule has 1 N–H and O–H groups in total. The van der Waals surface area contributed by atoms with E-state index in [9.17, 15) is 0 Å². The maximum absolute atomic E-state index is 8.65. The number of hydrogen-bond acceptors (Lipinski definition) is 2. The van der Waals surface area contributed by atoms with Crippen molar-refractivity contribution in [2.24, 2.45) is 0 Å². The van der Waals surface area contributed by atoms with Crippen molar-refractivity contribution in [2.75, 3.05) is 25.1 Å². The van der Waals surface area contributed by atoms with Crippen LogP contribution in [0.5, 0.6) is 0 Å². The van der Waals surface area contributed by atoms with Crippen molar-refractivity contribution in [2.45, 2.75) is 0 Å². The lowest BCUT2D eigenvalue weighted by Crippen LogP contribution is -2.20. The van der Waals surface area contributed by atoms with Crippen molar-refractivity contribution in [3.63, 3.8) is 0 Å². The normalized spacial score (nSPS) is 9.64. The molecular formula is C9H12NO. The molecule has 2 nitrogen and oxygen atoms in total. The van der Waals surface area contributed by atoms with Crippen LogP contribution in [0.1, 0.15) is 0 Å². The molecule has 0 saturated carbocycles. The van der Waals surface area contributed by atoms with Crippen LogP contribution in [0.2, 0.25) is 0 Å². The fraction of sp³-hybridized carbons (Fsp3) is 0.333. The summed E-state index contributed by atoms with van der Waals surface area (Å²) in [5.41, 5.74) is 1.11. The van der Waals surface area contributed by atoms with Crippen LogP contribution in [-0.4, -0.2) is 25.3 Å². The summed E-state index contributed by atoms with van der Waals surface area (Å²) in [7, 11) is 1.95. The standard InChI is InChI=1S/C9H12NO/c1-10(7-8-11)9-5-3-2-4-6-9/h3-6,11H,7-8H2,1H3. The molecule has 0 atom stereocenters. The third-order valence-electron chi connectivity index (χ3n) is 1.58. The first-order valence-corrected chi connectivity index (χ1v) is 3.62. The van der Waals surface area contributed by atoms with E-state index in [1.165, 1.54) is 0 Å². The van der Waals surface area contributed by atoms with Gasteiger partial charge in [0.25, 0.3) is 0 Å². The van der Waals surface area contributed by atoms with Gasteiger partial charge in [0.15, 0.2) is 0 Å². The number of rotatable bonds is 3. The Morgan fingerprint density at radius 2 is 2.09 bits per heavy atom. The van der Waals surface area contributed by atoms with Gasteiger partial charge in [-0.2, -0.15) is 0 Å². The van der Waals surface area contributed by atoms with Gasteiger partial charge in [-0.3, -0.25) is 0 Å². The number of benzene rings is 1.